The smallest absolute Gasteiger partial charge is 0.253 e. The molecule has 0 radical (unpaired) electrons. The minimum absolute atomic E-state index is 0.165. The van der Waals surface area contributed by atoms with Gasteiger partial charge < -0.3 is 24.3 Å². The predicted octanol–water partition coefficient (Wildman–Crippen LogP) is -0.106. The Morgan fingerprint density at radius 3 is 1.85 bits per heavy atom. The molecule has 0 unspecified atom stereocenters. The molecule has 0 aliphatic carbocycles. The van der Waals surface area contributed by atoms with Crippen LogP contribution in [-0.4, -0.2) is 88.6 Å². The second-order valence-electron chi connectivity index (χ2n) is 5.71. The number of carbonyl (C=O) groups is 3. The second kappa shape index (κ2) is 15.3. The predicted molar refractivity (Wildman–Crippen MR) is 97.1 cm³/mol. The first-order valence-electron chi connectivity index (χ1n) is 9.26. The van der Waals surface area contributed by atoms with E-state index in [1.54, 1.807) is 0 Å². The van der Waals surface area contributed by atoms with Crippen molar-refractivity contribution in [1.29, 1.82) is 0 Å². The van der Waals surface area contributed by atoms with Gasteiger partial charge in [-0.2, -0.15) is 0 Å². The highest BCUT2D eigenvalue weighted by Crippen LogP contribution is 2.01. The molecule has 1 rings (SSSR count). The van der Waals surface area contributed by atoms with E-state index in [0.29, 0.717) is 39.6 Å². The number of carbonyl (C=O) groups excluding carboxylic acids is 3. The molecule has 1 N–H and O–H groups in total. The fraction of sp³-hybridized carbons (Fsp3) is 0.722. The molecule has 0 atom stereocenters. The van der Waals surface area contributed by atoms with Crippen molar-refractivity contribution in [2.75, 3.05) is 65.9 Å². The summed E-state index contributed by atoms with van der Waals surface area (Å²) in [5, 5.41) is 2.64. The Bertz CT molecular complexity index is 464. The second-order valence-corrected chi connectivity index (χ2v) is 5.71. The Morgan fingerprint density at radius 2 is 1.33 bits per heavy atom. The first-order valence-corrected chi connectivity index (χ1v) is 9.26. The number of nitrogens with zero attached hydrogens (tertiary/aromatic N) is 1. The van der Waals surface area contributed by atoms with E-state index in [0.717, 1.165) is 17.9 Å². The van der Waals surface area contributed by atoms with E-state index in [1.807, 2.05) is 0 Å². The summed E-state index contributed by atoms with van der Waals surface area (Å²) < 4.78 is 21.3. The molecule has 27 heavy (non-hydrogen) atoms. The maximum atomic E-state index is 11.6. The molecule has 0 fully saturated rings. The van der Waals surface area contributed by atoms with Gasteiger partial charge in [0.25, 0.3) is 11.8 Å². The van der Waals surface area contributed by atoms with Crippen LogP contribution < -0.4 is 5.32 Å². The summed E-state index contributed by atoms with van der Waals surface area (Å²) in [5.74, 6) is -0.901. The Kier molecular flexibility index (Phi) is 13.1. The van der Waals surface area contributed by atoms with E-state index in [9.17, 15) is 14.4 Å². The lowest BCUT2D eigenvalue weighted by atomic mass is 10.4. The van der Waals surface area contributed by atoms with E-state index in [1.165, 1.54) is 12.2 Å². The maximum absolute atomic E-state index is 11.6. The van der Waals surface area contributed by atoms with Crippen LogP contribution in [0.1, 0.15) is 19.8 Å². The molecule has 1 heterocycles. The molecule has 1 aliphatic heterocycles. The molecular weight excluding hydrogens is 356 g/mol. The lowest BCUT2D eigenvalue weighted by Gasteiger charge is -2.14. The third-order valence-electron chi connectivity index (χ3n) is 3.50. The average Bonchev–Trinajstić information content (AvgIpc) is 2.97. The summed E-state index contributed by atoms with van der Waals surface area (Å²) in [6.45, 7) is 6.47. The number of imide groups is 1. The first kappa shape index (κ1) is 23.2. The van der Waals surface area contributed by atoms with Crippen molar-refractivity contribution in [2.45, 2.75) is 19.8 Å². The van der Waals surface area contributed by atoms with Gasteiger partial charge in [-0.25, -0.2) is 0 Å². The van der Waals surface area contributed by atoms with Crippen LogP contribution in [0.15, 0.2) is 12.2 Å². The van der Waals surface area contributed by atoms with E-state index >= 15 is 0 Å². The molecule has 0 bridgehead atoms. The molecule has 0 saturated carbocycles. The molecule has 0 aromatic heterocycles. The SMILES string of the molecule is CCCOCCOCCOCCOCCC(=O)NCCN1C(=O)C=CC1=O. The number of hydrogen-bond acceptors (Lipinski definition) is 7. The van der Waals surface area contributed by atoms with Crippen LogP contribution in [0.2, 0.25) is 0 Å². The number of nitrogens with one attached hydrogen (secondary N) is 1. The Hall–Kier alpha value is -1.81. The van der Waals surface area contributed by atoms with Gasteiger partial charge in [-0.1, -0.05) is 6.92 Å². The van der Waals surface area contributed by atoms with E-state index < -0.39 is 0 Å². The number of hydrogen-bond donors (Lipinski definition) is 1. The molecule has 0 aromatic carbocycles. The third-order valence-corrected chi connectivity index (χ3v) is 3.50. The fourth-order valence-corrected chi connectivity index (χ4v) is 2.12. The van der Waals surface area contributed by atoms with Crippen molar-refractivity contribution in [3.05, 3.63) is 12.2 Å². The standard InChI is InChI=1S/C18H30N2O7/c1-2-8-24-10-12-26-14-15-27-13-11-25-9-5-16(21)19-6-7-20-17(22)3-4-18(20)23/h3-4H,2,5-15H2,1H3,(H,19,21). The van der Waals surface area contributed by atoms with Gasteiger partial charge in [-0.05, 0) is 6.42 Å². The minimum Gasteiger partial charge on any atom is -0.379 e. The van der Waals surface area contributed by atoms with Gasteiger partial charge in [0.15, 0.2) is 0 Å². The molecule has 3 amide bonds. The molecule has 1 aliphatic rings. The van der Waals surface area contributed by atoms with Gasteiger partial charge >= 0.3 is 0 Å². The zero-order valence-electron chi connectivity index (χ0n) is 15.9. The van der Waals surface area contributed by atoms with Crippen molar-refractivity contribution < 1.29 is 33.3 Å². The molecule has 0 spiro atoms. The zero-order chi connectivity index (χ0) is 19.7. The normalized spacial score (nSPS) is 13.6. The average molecular weight is 386 g/mol. The van der Waals surface area contributed by atoms with Gasteiger partial charge in [0.1, 0.15) is 0 Å². The maximum Gasteiger partial charge on any atom is 0.253 e. The van der Waals surface area contributed by atoms with Crippen LogP contribution in [0.4, 0.5) is 0 Å². The Morgan fingerprint density at radius 1 is 0.852 bits per heavy atom. The monoisotopic (exact) mass is 386 g/mol. The van der Waals surface area contributed by atoms with E-state index in [-0.39, 0.29) is 43.8 Å². The highest BCUT2D eigenvalue weighted by molar-refractivity contribution is 6.12. The first-order chi connectivity index (χ1) is 13.1. The number of rotatable bonds is 17. The molecular formula is C18H30N2O7. The lowest BCUT2D eigenvalue weighted by molar-refractivity contribution is -0.137. The summed E-state index contributed by atoms with van der Waals surface area (Å²) in [6.07, 6.45) is 3.65. The number of amides is 3. The fourth-order valence-electron chi connectivity index (χ4n) is 2.12. The highest BCUT2D eigenvalue weighted by atomic mass is 16.6. The van der Waals surface area contributed by atoms with Crippen molar-refractivity contribution >= 4 is 17.7 Å². The summed E-state index contributed by atoms with van der Waals surface area (Å²) in [5.41, 5.74) is 0. The van der Waals surface area contributed by atoms with Gasteiger partial charge in [0, 0.05) is 38.3 Å². The quantitative estimate of drug-likeness (QED) is 0.275. The third kappa shape index (κ3) is 11.5. The van der Waals surface area contributed by atoms with Crippen LogP contribution in [0.5, 0.6) is 0 Å². The Balaban J connectivity index is 1.82. The van der Waals surface area contributed by atoms with Crippen LogP contribution >= 0.6 is 0 Å². The van der Waals surface area contributed by atoms with Crippen molar-refractivity contribution in [1.82, 2.24) is 10.2 Å². The Labute approximate surface area is 159 Å². The highest BCUT2D eigenvalue weighted by Gasteiger charge is 2.22. The molecule has 154 valence electrons. The largest absolute Gasteiger partial charge is 0.379 e. The van der Waals surface area contributed by atoms with E-state index in [4.69, 9.17) is 18.9 Å². The van der Waals surface area contributed by atoms with Crippen molar-refractivity contribution in [2.24, 2.45) is 0 Å². The van der Waals surface area contributed by atoms with Gasteiger partial charge in [0.2, 0.25) is 5.91 Å². The summed E-state index contributed by atoms with van der Waals surface area (Å²) in [4.78, 5) is 35.4. The molecule has 0 aromatic rings. The van der Waals surface area contributed by atoms with Crippen LogP contribution in [0, 0.1) is 0 Å². The zero-order valence-corrected chi connectivity index (χ0v) is 15.9. The molecule has 9 heteroatoms. The van der Waals surface area contributed by atoms with Crippen molar-refractivity contribution in [3.8, 4) is 0 Å². The van der Waals surface area contributed by atoms with Crippen LogP contribution in [-0.2, 0) is 33.3 Å². The van der Waals surface area contributed by atoms with Crippen LogP contribution in [0.3, 0.4) is 0 Å². The molecule has 9 nitrogen and oxygen atoms in total. The summed E-state index contributed by atoms with van der Waals surface area (Å²) in [6, 6.07) is 0. The topological polar surface area (TPSA) is 103 Å². The number of ether oxygens (including phenoxy) is 4. The summed E-state index contributed by atoms with van der Waals surface area (Å²) in [7, 11) is 0. The lowest BCUT2D eigenvalue weighted by Crippen LogP contribution is -2.38. The van der Waals surface area contributed by atoms with E-state index in [2.05, 4.69) is 12.2 Å². The molecule has 0 saturated heterocycles. The van der Waals surface area contributed by atoms with Crippen LogP contribution in [0.25, 0.3) is 0 Å². The summed E-state index contributed by atoms with van der Waals surface area (Å²) >= 11 is 0. The van der Waals surface area contributed by atoms with Crippen molar-refractivity contribution in [3.63, 3.8) is 0 Å². The van der Waals surface area contributed by atoms with Gasteiger partial charge in [0.05, 0.1) is 46.2 Å². The van der Waals surface area contributed by atoms with Gasteiger partial charge in [-0.15, -0.1) is 0 Å². The minimum atomic E-state index is -0.354. The van der Waals surface area contributed by atoms with Gasteiger partial charge in [-0.3, -0.25) is 19.3 Å².